The highest BCUT2D eigenvalue weighted by atomic mass is 35.5. The number of carbonyl (C=O) groups excluding carboxylic acids is 2. The Hall–Kier alpha value is -3.28. The van der Waals surface area contributed by atoms with Crippen molar-refractivity contribution in [1.29, 1.82) is 0 Å². The number of alkyl halides is 3. The number of nitrogens with one attached hydrogen (secondary N) is 1. The summed E-state index contributed by atoms with van der Waals surface area (Å²) in [5.41, 5.74) is -1.06. The van der Waals surface area contributed by atoms with E-state index in [-0.39, 0.29) is 17.9 Å². The zero-order valence-corrected chi connectivity index (χ0v) is 25.9. The number of amides is 2. The summed E-state index contributed by atoms with van der Waals surface area (Å²) < 4.78 is 69.5. The SMILES string of the molecule is CCCCNC(=O)[C@@H](CC)N(Cc1ccc(Cl)cc1)C(=O)CN(c1ccc(Cl)c(C(F)(F)F)c1)S(=O)(=O)c1ccccc1. The molecule has 1 N–H and O–H groups in total. The average Bonchev–Trinajstić information content (AvgIpc) is 2.97. The first-order valence-electron chi connectivity index (χ1n) is 13.6. The predicted molar refractivity (Wildman–Crippen MR) is 161 cm³/mol. The van der Waals surface area contributed by atoms with Gasteiger partial charge in [0.05, 0.1) is 21.2 Å². The molecule has 0 aliphatic rings. The van der Waals surface area contributed by atoms with E-state index in [0.717, 1.165) is 18.6 Å². The van der Waals surface area contributed by atoms with Crippen LogP contribution in [0.25, 0.3) is 0 Å². The Kier molecular flexibility index (Phi) is 11.9. The molecule has 0 unspecified atom stereocenters. The summed E-state index contributed by atoms with van der Waals surface area (Å²) in [5.74, 6) is -1.22. The number of rotatable bonds is 13. The molecule has 0 aromatic heterocycles. The molecule has 0 heterocycles. The molecule has 0 fully saturated rings. The van der Waals surface area contributed by atoms with Gasteiger partial charge in [-0.1, -0.05) is 73.8 Å². The monoisotopic (exact) mass is 657 g/mol. The molecule has 0 bridgehead atoms. The molecule has 13 heteroatoms. The molecule has 0 aliphatic heterocycles. The maximum absolute atomic E-state index is 14.0. The molecule has 232 valence electrons. The van der Waals surface area contributed by atoms with Crippen molar-refractivity contribution in [3.8, 4) is 0 Å². The summed E-state index contributed by atoms with van der Waals surface area (Å²) in [6.45, 7) is 3.09. The topological polar surface area (TPSA) is 86.8 Å². The van der Waals surface area contributed by atoms with Gasteiger partial charge in [-0.3, -0.25) is 13.9 Å². The van der Waals surface area contributed by atoms with Crippen molar-refractivity contribution in [3.05, 3.63) is 94.0 Å². The first kappa shape index (κ1) is 34.2. The van der Waals surface area contributed by atoms with Crippen molar-refractivity contribution in [3.63, 3.8) is 0 Å². The largest absolute Gasteiger partial charge is 0.417 e. The number of halogens is 5. The van der Waals surface area contributed by atoms with Crippen LogP contribution < -0.4 is 9.62 Å². The van der Waals surface area contributed by atoms with Crippen LogP contribution in [0, 0.1) is 0 Å². The van der Waals surface area contributed by atoms with E-state index >= 15 is 0 Å². The van der Waals surface area contributed by atoms with Crippen molar-refractivity contribution >= 4 is 50.7 Å². The van der Waals surface area contributed by atoms with Gasteiger partial charge < -0.3 is 10.2 Å². The van der Waals surface area contributed by atoms with Crippen LogP contribution in [-0.4, -0.2) is 44.3 Å². The molecule has 0 radical (unpaired) electrons. The molecule has 3 aromatic carbocycles. The fraction of sp³-hybridized carbons (Fsp3) is 0.333. The lowest BCUT2D eigenvalue weighted by Gasteiger charge is -2.33. The zero-order chi connectivity index (χ0) is 31.8. The predicted octanol–water partition coefficient (Wildman–Crippen LogP) is 6.93. The van der Waals surface area contributed by atoms with Crippen LogP contribution in [0.15, 0.2) is 77.7 Å². The molecule has 7 nitrogen and oxygen atoms in total. The molecule has 0 aliphatic carbocycles. The Balaban J connectivity index is 2.11. The number of hydrogen-bond acceptors (Lipinski definition) is 4. The number of benzene rings is 3. The minimum absolute atomic E-state index is 0.0800. The maximum atomic E-state index is 14.0. The summed E-state index contributed by atoms with van der Waals surface area (Å²) in [6.07, 6.45) is -3.14. The highest BCUT2D eigenvalue weighted by molar-refractivity contribution is 7.92. The van der Waals surface area contributed by atoms with E-state index in [1.807, 2.05) is 6.92 Å². The highest BCUT2D eigenvalue weighted by Gasteiger charge is 2.37. The van der Waals surface area contributed by atoms with Gasteiger partial charge in [-0.25, -0.2) is 8.42 Å². The van der Waals surface area contributed by atoms with Crippen molar-refractivity contribution in [2.75, 3.05) is 17.4 Å². The standard InChI is InChI=1S/C30H32Cl2F3N3O4S/c1-3-5-17-36-29(40)27(4-2)37(19-21-11-13-22(31)14-12-21)28(39)20-38(43(41,42)24-9-7-6-8-10-24)23-15-16-26(32)25(18-23)30(33,34)35/h6-16,18,27H,3-5,17,19-20H2,1-2H3,(H,36,40)/t27-/m1/s1. The summed E-state index contributed by atoms with van der Waals surface area (Å²) in [4.78, 5) is 28.2. The lowest BCUT2D eigenvalue weighted by Crippen LogP contribution is -2.52. The first-order valence-corrected chi connectivity index (χ1v) is 15.7. The Labute approximate surface area is 259 Å². The molecule has 0 spiro atoms. The van der Waals surface area contributed by atoms with E-state index in [1.165, 1.54) is 29.2 Å². The van der Waals surface area contributed by atoms with Gasteiger partial charge >= 0.3 is 6.18 Å². The second-order valence-corrected chi connectivity index (χ2v) is 12.4. The number of nitrogens with zero attached hydrogens (tertiary/aromatic N) is 2. The van der Waals surface area contributed by atoms with Gasteiger partial charge in [-0.2, -0.15) is 13.2 Å². The Morgan fingerprint density at radius 1 is 0.953 bits per heavy atom. The van der Waals surface area contributed by atoms with Crippen LogP contribution >= 0.6 is 23.2 Å². The van der Waals surface area contributed by atoms with Crippen molar-refractivity contribution in [1.82, 2.24) is 10.2 Å². The molecule has 0 saturated heterocycles. The Morgan fingerprint density at radius 3 is 2.19 bits per heavy atom. The number of hydrogen-bond donors (Lipinski definition) is 1. The van der Waals surface area contributed by atoms with Gasteiger partial charge in [-0.15, -0.1) is 0 Å². The lowest BCUT2D eigenvalue weighted by molar-refractivity contribution is -0.140. The van der Waals surface area contributed by atoms with Crippen LogP contribution in [0.2, 0.25) is 10.0 Å². The van der Waals surface area contributed by atoms with Gasteiger partial charge in [0.2, 0.25) is 11.8 Å². The second-order valence-electron chi connectivity index (χ2n) is 9.70. The van der Waals surface area contributed by atoms with Crippen LogP contribution in [0.3, 0.4) is 0 Å². The van der Waals surface area contributed by atoms with E-state index in [9.17, 15) is 31.2 Å². The van der Waals surface area contributed by atoms with E-state index in [1.54, 1.807) is 37.3 Å². The quantitative estimate of drug-likeness (QED) is 0.202. The first-order chi connectivity index (χ1) is 20.3. The summed E-state index contributed by atoms with van der Waals surface area (Å²) in [5, 5.41) is 2.64. The van der Waals surface area contributed by atoms with E-state index in [0.29, 0.717) is 33.9 Å². The summed E-state index contributed by atoms with van der Waals surface area (Å²) in [7, 11) is -4.55. The van der Waals surface area contributed by atoms with Crippen LogP contribution in [-0.2, 0) is 32.3 Å². The van der Waals surface area contributed by atoms with E-state index < -0.39 is 56.9 Å². The lowest BCUT2D eigenvalue weighted by atomic mass is 10.1. The smallest absolute Gasteiger partial charge is 0.354 e. The molecule has 3 rings (SSSR count). The van der Waals surface area contributed by atoms with Crippen molar-refractivity contribution in [2.45, 2.75) is 56.8 Å². The van der Waals surface area contributed by atoms with E-state index in [4.69, 9.17) is 23.2 Å². The highest BCUT2D eigenvalue weighted by Crippen LogP contribution is 2.38. The van der Waals surface area contributed by atoms with Gasteiger partial charge in [-0.05, 0) is 60.9 Å². The van der Waals surface area contributed by atoms with E-state index in [2.05, 4.69) is 5.32 Å². The number of sulfonamides is 1. The maximum Gasteiger partial charge on any atom is 0.417 e. The average molecular weight is 659 g/mol. The fourth-order valence-electron chi connectivity index (χ4n) is 4.35. The third-order valence-electron chi connectivity index (χ3n) is 6.64. The third kappa shape index (κ3) is 8.87. The van der Waals surface area contributed by atoms with Crippen LogP contribution in [0.4, 0.5) is 18.9 Å². The van der Waals surface area contributed by atoms with Crippen molar-refractivity contribution < 1.29 is 31.2 Å². The molecule has 43 heavy (non-hydrogen) atoms. The van der Waals surface area contributed by atoms with Gasteiger partial charge in [0, 0.05) is 18.1 Å². The minimum atomic E-state index is -4.89. The van der Waals surface area contributed by atoms with Crippen LogP contribution in [0.1, 0.15) is 44.2 Å². The Bertz CT molecular complexity index is 1510. The second kappa shape index (κ2) is 14.9. The summed E-state index contributed by atoms with van der Waals surface area (Å²) in [6, 6.07) is 15.2. The zero-order valence-electron chi connectivity index (χ0n) is 23.6. The normalized spacial score (nSPS) is 12.4. The fourth-order valence-corrected chi connectivity index (χ4v) is 6.12. The molecule has 0 saturated carbocycles. The van der Waals surface area contributed by atoms with Crippen LogP contribution in [0.5, 0.6) is 0 Å². The van der Waals surface area contributed by atoms with Gasteiger partial charge in [0.1, 0.15) is 12.6 Å². The Morgan fingerprint density at radius 2 is 1.60 bits per heavy atom. The third-order valence-corrected chi connectivity index (χ3v) is 9.00. The summed E-state index contributed by atoms with van der Waals surface area (Å²) >= 11 is 11.8. The molecule has 1 atom stereocenters. The molecule has 3 aromatic rings. The molecule has 2 amide bonds. The number of carbonyl (C=O) groups is 2. The van der Waals surface area contributed by atoms with Crippen molar-refractivity contribution in [2.24, 2.45) is 0 Å². The molecular weight excluding hydrogens is 626 g/mol. The van der Waals surface area contributed by atoms with Gasteiger partial charge in [0.15, 0.2) is 0 Å². The van der Waals surface area contributed by atoms with Gasteiger partial charge in [0.25, 0.3) is 10.0 Å². The number of unbranched alkanes of at least 4 members (excludes halogenated alkanes) is 1. The number of anilines is 1. The molecular formula is C30H32Cl2F3N3O4S. The minimum Gasteiger partial charge on any atom is -0.354 e.